The van der Waals surface area contributed by atoms with E-state index in [0.717, 1.165) is 10.0 Å². The van der Waals surface area contributed by atoms with E-state index < -0.39 is 0 Å². The van der Waals surface area contributed by atoms with Crippen LogP contribution >= 0.6 is 15.9 Å². The quantitative estimate of drug-likeness (QED) is 0.905. The van der Waals surface area contributed by atoms with Gasteiger partial charge in [-0.3, -0.25) is 0 Å². The Morgan fingerprint density at radius 3 is 2.80 bits per heavy atom. The van der Waals surface area contributed by atoms with Crippen molar-refractivity contribution in [1.82, 2.24) is 5.32 Å². The fourth-order valence-corrected chi connectivity index (χ4v) is 2.39. The average molecular weight is 333 g/mol. The molecular weight excluding hydrogens is 319 g/mol. The summed E-state index contributed by atoms with van der Waals surface area (Å²) >= 11 is 3.44. The molecule has 0 bridgehead atoms. The van der Waals surface area contributed by atoms with Crippen LogP contribution in [0.3, 0.4) is 0 Å². The van der Waals surface area contributed by atoms with Crippen LogP contribution in [0.1, 0.15) is 29.7 Å². The van der Waals surface area contributed by atoms with Crippen molar-refractivity contribution in [2.45, 2.75) is 19.5 Å². The number of nitrogens with one attached hydrogen (secondary N) is 1. The van der Waals surface area contributed by atoms with E-state index in [1.807, 2.05) is 31.2 Å². The molecule has 0 aliphatic heterocycles. The fourth-order valence-electron chi connectivity index (χ4n) is 1.97. The molecule has 1 atom stereocenters. The number of nitriles is 1. The zero-order valence-corrected chi connectivity index (χ0v) is 12.6. The fraction of sp³-hybridized carbons (Fsp3) is 0.188. The average Bonchev–Trinajstić information content (AvgIpc) is 2.45. The topological polar surface area (TPSA) is 35.8 Å². The summed E-state index contributed by atoms with van der Waals surface area (Å²) in [6.45, 7) is 2.49. The molecule has 0 spiro atoms. The van der Waals surface area contributed by atoms with Crippen LogP contribution in [0.5, 0.6) is 0 Å². The number of hydrogen-bond donors (Lipinski definition) is 1. The Balaban J connectivity index is 2.09. The molecule has 2 aromatic carbocycles. The van der Waals surface area contributed by atoms with Gasteiger partial charge in [0.2, 0.25) is 0 Å². The Bertz CT molecular complexity index is 649. The van der Waals surface area contributed by atoms with Crippen LogP contribution in [-0.4, -0.2) is 0 Å². The predicted molar refractivity (Wildman–Crippen MR) is 80.5 cm³/mol. The van der Waals surface area contributed by atoms with E-state index in [4.69, 9.17) is 5.26 Å². The van der Waals surface area contributed by atoms with Gasteiger partial charge in [0.05, 0.1) is 11.6 Å². The molecule has 0 radical (unpaired) electrons. The first-order valence-corrected chi connectivity index (χ1v) is 7.07. The molecule has 0 aliphatic rings. The van der Waals surface area contributed by atoms with Gasteiger partial charge in [-0.2, -0.15) is 5.26 Å². The van der Waals surface area contributed by atoms with Crippen molar-refractivity contribution in [1.29, 1.82) is 5.26 Å². The van der Waals surface area contributed by atoms with E-state index in [-0.39, 0.29) is 11.9 Å². The summed E-state index contributed by atoms with van der Waals surface area (Å²) in [6.07, 6.45) is 0. The van der Waals surface area contributed by atoms with Gasteiger partial charge in [0, 0.05) is 17.1 Å². The second-order valence-corrected chi connectivity index (χ2v) is 5.49. The monoisotopic (exact) mass is 332 g/mol. The molecule has 2 aromatic rings. The maximum absolute atomic E-state index is 13.2. The molecule has 0 aliphatic carbocycles. The van der Waals surface area contributed by atoms with Crippen molar-refractivity contribution in [2.75, 3.05) is 0 Å². The van der Waals surface area contributed by atoms with Crippen LogP contribution < -0.4 is 5.32 Å². The molecule has 0 saturated carbocycles. The van der Waals surface area contributed by atoms with Gasteiger partial charge in [0.15, 0.2) is 0 Å². The Morgan fingerprint density at radius 1 is 1.30 bits per heavy atom. The molecule has 1 N–H and O–H groups in total. The molecule has 2 nitrogen and oxygen atoms in total. The Morgan fingerprint density at radius 2 is 2.10 bits per heavy atom. The van der Waals surface area contributed by atoms with Crippen LogP contribution in [0, 0.1) is 17.1 Å². The summed E-state index contributed by atoms with van der Waals surface area (Å²) in [5.41, 5.74) is 2.31. The summed E-state index contributed by atoms with van der Waals surface area (Å²) in [7, 11) is 0. The van der Waals surface area contributed by atoms with Crippen molar-refractivity contribution >= 4 is 15.9 Å². The lowest BCUT2D eigenvalue weighted by atomic mass is 10.1. The molecule has 0 aromatic heterocycles. The van der Waals surface area contributed by atoms with Crippen LogP contribution in [-0.2, 0) is 6.54 Å². The van der Waals surface area contributed by atoms with Crippen molar-refractivity contribution in [3.8, 4) is 6.07 Å². The molecule has 0 unspecified atom stereocenters. The minimum atomic E-state index is -0.323. The minimum absolute atomic E-state index is 0.113. The molecule has 0 fully saturated rings. The van der Waals surface area contributed by atoms with Gasteiger partial charge in [-0.1, -0.05) is 28.1 Å². The summed E-state index contributed by atoms with van der Waals surface area (Å²) in [6, 6.07) is 14.4. The van der Waals surface area contributed by atoms with Gasteiger partial charge >= 0.3 is 0 Å². The number of rotatable bonds is 4. The number of benzene rings is 2. The van der Waals surface area contributed by atoms with Crippen LogP contribution in [0.4, 0.5) is 4.39 Å². The van der Waals surface area contributed by atoms with Gasteiger partial charge in [0.1, 0.15) is 5.82 Å². The van der Waals surface area contributed by atoms with Crippen LogP contribution in [0.15, 0.2) is 46.9 Å². The molecule has 2 rings (SSSR count). The number of nitrogens with zero attached hydrogens (tertiary/aromatic N) is 1. The number of halogens is 2. The van der Waals surface area contributed by atoms with Crippen molar-refractivity contribution in [2.24, 2.45) is 0 Å². The van der Waals surface area contributed by atoms with Crippen LogP contribution in [0.25, 0.3) is 0 Å². The Kier molecular flexibility index (Phi) is 4.89. The molecular formula is C16H14BrFN2. The first kappa shape index (κ1) is 14.7. The molecule has 0 heterocycles. The maximum atomic E-state index is 13.2. The molecule has 102 valence electrons. The van der Waals surface area contributed by atoms with Crippen molar-refractivity contribution in [3.63, 3.8) is 0 Å². The van der Waals surface area contributed by atoms with Crippen LogP contribution in [0.2, 0.25) is 0 Å². The Labute approximate surface area is 126 Å². The van der Waals surface area contributed by atoms with E-state index >= 15 is 0 Å². The van der Waals surface area contributed by atoms with E-state index in [0.29, 0.717) is 17.7 Å². The molecule has 4 heteroatoms. The van der Waals surface area contributed by atoms with Gasteiger partial charge in [-0.15, -0.1) is 0 Å². The highest BCUT2D eigenvalue weighted by Gasteiger charge is 2.08. The normalized spacial score (nSPS) is 11.9. The van der Waals surface area contributed by atoms with Gasteiger partial charge in [-0.05, 0) is 48.4 Å². The zero-order chi connectivity index (χ0) is 14.5. The summed E-state index contributed by atoms with van der Waals surface area (Å²) in [5.74, 6) is -0.323. The van der Waals surface area contributed by atoms with Gasteiger partial charge in [-0.25, -0.2) is 4.39 Å². The summed E-state index contributed by atoms with van der Waals surface area (Å²) < 4.78 is 14.3. The highest BCUT2D eigenvalue weighted by Crippen LogP contribution is 2.19. The first-order valence-electron chi connectivity index (χ1n) is 6.27. The highest BCUT2D eigenvalue weighted by molar-refractivity contribution is 9.10. The minimum Gasteiger partial charge on any atom is -0.306 e. The molecule has 0 saturated heterocycles. The third-order valence-electron chi connectivity index (χ3n) is 3.14. The molecule has 0 amide bonds. The molecule has 20 heavy (non-hydrogen) atoms. The second-order valence-electron chi connectivity index (χ2n) is 4.57. The smallest absolute Gasteiger partial charge is 0.123 e. The maximum Gasteiger partial charge on any atom is 0.123 e. The third-order valence-corrected chi connectivity index (χ3v) is 3.63. The van der Waals surface area contributed by atoms with E-state index in [1.54, 1.807) is 0 Å². The largest absolute Gasteiger partial charge is 0.306 e. The van der Waals surface area contributed by atoms with Gasteiger partial charge < -0.3 is 5.32 Å². The summed E-state index contributed by atoms with van der Waals surface area (Å²) in [4.78, 5) is 0. The first-order chi connectivity index (χ1) is 9.60. The standard InChI is InChI=1S/C16H14BrFN2/c1-11(12-3-2-4-15(17)7-12)20-10-14-8-16(18)6-5-13(14)9-19/h2-8,11,20H,10H2,1H3/t11-/m0/s1. The lowest BCUT2D eigenvalue weighted by Gasteiger charge is -2.15. The van der Waals surface area contributed by atoms with E-state index in [1.165, 1.54) is 18.2 Å². The lowest BCUT2D eigenvalue weighted by molar-refractivity contribution is 0.568. The van der Waals surface area contributed by atoms with E-state index in [2.05, 4.69) is 27.3 Å². The third kappa shape index (κ3) is 3.66. The Hall–Kier alpha value is -1.70. The highest BCUT2D eigenvalue weighted by atomic mass is 79.9. The van der Waals surface area contributed by atoms with Crippen molar-refractivity contribution in [3.05, 3.63) is 69.4 Å². The van der Waals surface area contributed by atoms with Gasteiger partial charge in [0.25, 0.3) is 0 Å². The summed E-state index contributed by atoms with van der Waals surface area (Å²) in [5, 5.41) is 12.3. The second kappa shape index (κ2) is 6.65. The zero-order valence-electron chi connectivity index (χ0n) is 11.0. The van der Waals surface area contributed by atoms with Crippen molar-refractivity contribution < 1.29 is 4.39 Å². The lowest BCUT2D eigenvalue weighted by Crippen LogP contribution is -2.18. The SMILES string of the molecule is C[C@H](NCc1cc(F)ccc1C#N)c1cccc(Br)c1. The predicted octanol–water partition coefficient (Wildman–Crippen LogP) is 4.31. The number of hydrogen-bond acceptors (Lipinski definition) is 2. The van der Waals surface area contributed by atoms with E-state index in [9.17, 15) is 4.39 Å².